The number of sulfone groups is 1. The Morgan fingerprint density at radius 2 is 1.43 bits per heavy atom. The molecule has 0 bridgehead atoms. The summed E-state index contributed by atoms with van der Waals surface area (Å²) >= 11 is 0. The van der Waals surface area contributed by atoms with Crippen LogP contribution in [0.1, 0.15) is 152 Å². The summed E-state index contributed by atoms with van der Waals surface area (Å²) in [4.78, 5) is 45.8. The van der Waals surface area contributed by atoms with Crippen LogP contribution in [-0.2, 0) is 29.0 Å². The van der Waals surface area contributed by atoms with Gasteiger partial charge >= 0.3 is 11.9 Å². The predicted molar refractivity (Wildman–Crippen MR) is 229 cm³/mol. The number of amides is 1. The Morgan fingerprint density at radius 1 is 0.767 bits per heavy atom. The number of likely N-dealkylation sites (tertiary alicyclic amines) is 1. The van der Waals surface area contributed by atoms with Crippen LogP contribution in [0.25, 0.3) is 0 Å². The topological polar surface area (TPSA) is 145 Å². The standard InChI is InChI=1S/C49H75N3O7S/c1-42(2)33(39(53)54)28-34(42)40(55)59-37-14-15-44(4)35(45(37,5)30-50)12-16-46(6)36(44)13-17-47(7)38-32(43(3)19-20-43)11-18-49(38,22-21-48(46,47)8)41(56)52-23-9-10-31(52)29-51-24-26-60(57,58)27-25-51/h31-38H,9-29H2,1-8H3,(H,53,54)/t31-,32?,33-,34+,35?,36?,37-,38?,44-,45-,46+,47+,48-,49-/m0/s1. The molecular formula is C49H75N3O7S. The molecule has 2 saturated heterocycles. The molecule has 0 radical (unpaired) electrons. The first-order valence-electron chi connectivity index (χ1n) is 24.0. The van der Waals surface area contributed by atoms with E-state index in [0.717, 1.165) is 83.7 Å². The van der Waals surface area contributed by atoms with Crippen molar-refractivity contribution in [3.05, 3.63) is 0 Å². The van der Waals surface area contributed by atoms with Crippen LogP contribution in [0.4, 0.5) is 0 Å². The van der Waals surface area contributed by atoms with Gasteiger partial charge in [-0.15, -0.1) is 0 Å². The maximum atomic E-state index is 15.7. The molecule has 11 heteroatoms. The highest BCUT2D eigenvalue weighted by atomic mass is 32.2. The van der Waals surface area contributed by atoms with Crippen LogP contribution in [0.2, 0.25) is 0 Å². The first-order chi connectivity index (χ1) is 28.0. The van der Waals surface area contributed by atoms with E-state index in [1.165, 1.54) is 12.8 Å². The molecule has 0 aromatic rings. The molecule has 4 unspecified atom stereocenters. The van der Waals surface area contributed by atoms with Crippen LogP contribution in [0.5, 0.6) is 0 Å². The van der Waals surface area contributed by atoms with E-state index in [9.17, 15) is 28.4 Å². The largest absolute Gasteiger partial charge is 0.481 e. The minimum absolute atomic E-state index is 0.00569. The van der Waals surface area contributed by atoms with Crippen molar-refractivity contribution in [1.82, 2.24) is 9.80 Å². The first-order valence-corrected chi connectivity index (χ1v) is 25.9. The summed E-state index contributed by atoms with van der Waals surface area (Å²) in [6.45, 7) is 21.3. The van der Waals surface area contributed by atoms with Crippen LogP contribution < -0.4 is 0 Å². The Morgan fingerprint density at radius 3 is 2.07 bits per heavy atom. The summed E-state index contributed by atoms with van der Waals surface area (Å²) in [6, 6.07) is 2.91. The van der Waals surface area contributed by atoms with Crippen molar-refractivity contribution in [3.8, 4) is 6.07 Å². The Bertz CT molecular complexity index is 1960. The first kappa shape index (κ1) is 43.1. The highest BCUT2D eigenvalue weighted by molar-refractivity contribution is 7.91. The van der Waals surface area contributed by atoms with Crippen molar-refractivity contribution in [2.45, 2.75) is 164 Å². The van der Waals surface area contributed by atoms with Gasteiger partial charge in [0.1, 0.15) is 6.10 Å². The molecule has 9 rings (SSSR count). The zero-order valence-corrected chi connectivity index (χ0v) is 38.9. The number of nitrogens with zero attached hydrogens (tertiary/aromatic N) is 3. The van der Waals surface area contributed by atoms with E-state index in [-0.39, 0.29) is 62.9 Å². The summed E-state index contributed by atoms with van der Waals surface area (Å²) in [5, 5.41) is 20.8. The van der Waals surface area contributed by atoms with Gasteiger partial charge in [-0.05, 0) is 159 Å². The van der Waals surface area contributed by atoms with Gasteiger partial charge in [0.15, 0.2) is 9.84 Å². The molecular weight excluding hydrogens is 775 g/mol. The van der Waals surface area contributed by atoms with Crippen LogP contribution in [0.15, 0.2) is 0 Å². The Labute approximate surface area is 360 Å². The summed E-state index contributed by atoms with van der Waals surface area (Å²) in [5.41, 5.74) is -1.68. The second kappa shape index (κ2) is 13.7. The third kappa shape index (κ3) is 5.75. The lowest BCUT2D eigenvalue weighted by Crippen LogP contribution is -2.71. The Balaban J connectivity index is 0.990. The monoisotopic (exact) mass is 850 g/mol. The molecule has 7 aliphatic carbocycles. The molecule has 2 heterocycles. The third-order valence-electron chi connectivity index (χ3n) is 22.0. The summed E-state index contributed by atoms with van der Waals surface area (Å²) in [5.74, 6) is -0.0591. The zero-order valence-electron chi connectivity index (χ0n) is 38.1. The number of carboxylic acids is 1. The SMILES string of the molecule is CC1(C2CC[C@]3(C(=O)N4CCC[C@H]4CN4CCS(=O)(=O)CC4)CC[C@]4(C)[C@](C)(CCC5[C@@]6(C)CC[C@H](OC(=O)[C@H]7C[C@@H](C(=O)O)C7(C)C)[C@@](C)(C#N)C6CC[C@]54C)C23)CC1. The zero-order chi connectivity index (χ0) is 43.3. The molecule has 10 nitrogen and oxygen atoms in total. The molecule has 0 aromatic heterocycles. The maximum Gasteiger partial charge on any atom is 0.309 e. The van der Waals surface area contributed by atoms with Gasteiger partial charge in [-0.3, -0.25) is 19.3 Å². The number of hydrogen-bond acceptors (Lipinski definition) is 8. The second-order valence-electron chi connectivity index (χ2n) is 24.4. The lowest BCUT2D eigenvalue weighted by Gasteiger charge is -2.76. The normalized spacial score (nSPS) is 49.8. The fourth-order valence-electron chi connectivity index (χ4n) is 17.7. The number of nitriles is 1. The number of rotatable bonds is 7. The molecule has 9 aliphatic rings. The van der Waals surface area contributed by atoms with E-state index in [4.69, 9.17) is 4.74 Å². The molecule has 1 amide bonds. The van der Waals surface area contributed by atoms with E-state index < -0.39 is 44.6 Å². The molecule has 0 spiro atoms. The number of aliphatic carboxylic acids is 1. The van der Waals surface area contributed by atoms with Crippen molar-refractivity contribution < 1.29 is 32.6 Å². The van der Waals surface area contributed by atoms with E-state index in [0.29, 0.717) is 48.6 Å². The van der Waals surface area contributed by atoms with E-state index >= 15 is 4.79 Å². The van der Waals surface area contributed by atoms with E-state index in [1.807, 2.05) is 13.8 Å². The Hall–Kier alpha value is -2.19. The predicted octanol–water partition coefficient (Wildman–Crippen LogP) is 8.14. The molecule has 14 atom stereocenters. The summed E-state index contributed by atoms with van der Waals surface area (Å²) in [6.07, 6.45) is 14.1. The van der Waals surface area contributed by atoms with E-state index in [2.05, 4.69) is 57.4 Å². The molecule has 7 saturated carbocycles. The van der Waals surface area contributed by atoms with Crippen LogP contribution in [-0.4, -0.2) is 91.0 Å². The lowest BCUT2D eigenvalue weighted by atomic mass is 9.28. The minimum atomic E-state index is -2.96. The van der Waals surface area contributed by atoms with Crippen molar-refractivity contribution >= 4 is 27.7 Å². The molecule has 1 N–H and O–H groups in total. The smallest absolute Gasteiger partial charge is 0.309 e. The molecule has 334 valence electrons. The highest BCUT2D eigenvalue weighted by Gasteiger charge is 2.78. The van der Waals surface area contributed by atoms with Crippen molar-refractivity contribution in [2.75, 3.05) is 37.7 Å². The maximum absolute atomic E-state index is 15.7. The van der Waals surface area contributed by atoms with Crippen molar-refractivity contribution in [3.63, 3.8) is 0 Å². The van der Waals surface area contributed by atoms with Gasteiger partial charge in [0, 0.05) is 32.2 Å². The molecule has 60 heavy (non-hydrogen) atoms. The van der Waals surface area contributed by atoms with Gasteiger partial charge < -0.3 is 14.7 Å². The number of fused-ring (bicyclic) bond motifs is 7. The molecule has 0 aromatic carbocycles. The van der Waals surface area contributed by atoms with Gasteiger partial charge in [0.2, 0.25) is 5.91 Å². The number of hydrogen-bond donors (Lipinski definition) is 1. The number of carboxylic acid groups (broad SMARTS) is 1. The quantitative estimate of drug-likeness (QED) is 0.251. The number of ether oxygens (including phenoxy) is 1. The average Bonchev–Trinajstić information content (AvgIpc) is 3.54. The van der Waals surface area contributed by atoms with Gasteiger partial charge in [-0.2, -0.15) is 5.26 Å². The fraction of sp³-hybridized carbons (Fsp3) is 0.918. The van der Waals surface area contributed by atoms with Crippen LogP contribution in [0, 0.1) is 90.2 Å². The third-order valence-corrected chi connectivity index (χ3v) is 23.6. The van der Waals surface area contributed by atoms with Crippen LogP contribution >= 0.6 is 0 Å². The summed E-state index contributed by atoms with van der Waals surface area (Å²) < 4.78 is 30.9. The van der Waals surface area contributed by atoms with Gasteiger partial charge in [-0.25, -0.2) is 8.42 Å². The molecule has 2 aliphatic heterocycles. The number of carbonyl (C=O) groups excluding carboxylic acids is 2. The fourth-order valence-corrected chi connectivity index (χ4v) is 18.9. The number of carbonyl (C=O) groups is 3. The average molecular weight is 850 g/mol. The van der Waals surface area contributed by atoms with E-state index in [1.54, 1.807) is 0 Å². The van der Waals surface area contributed by atoms with Gasteiger partial charge in [-0.1, -0.05) is 48.5 Å². The highest BCUT2D eigenvalue weighted by Crippen LogP contribution is 2.83. The lowest BCUT2D eigenvalue weighted by molar-refractivity contribution is -0.277. The minimum Gasteiger partial charge on any atom is -0.481 e. The van der Waals surface area contributed by atoms with Crippen molar-refractivity contribution in [1.29, 1.82) is 5.26 Å². The molecule has 9 fully saturated rings. The second-order valence-corrected chi connectivity index (χ2v) is 26.7. The van der Waals surface area contributed by atoms with Crippen LogP contribution in [0.3, 0.4) is 0 Å². The Kier molecular flexibility index (Phi) is 9.81. The number of esters is 1. The van der Waals surface area contributed by atoms with Crippen molar-refractivity contribution in [2.24, 2.45) is 78.8 Å². The van der Waals surface area contributed by atoms with Gasteiger partial charge in [0.05, 0.1) is 40.2 Å². The summed E-state index contributed by atoms with van der Waals surface area (Å²) in [7, 11) is -2.96. The van der Waals surface area contributed by atoms with Gasteiger partial charge in [0.25, 0.3) is 0 Å².